The molecule has 1 fully saturated rings. The maximum atomic E-state index is 10.4. The molecule has 0 aromatic rings. The molecule has 55 valence electrons. The third kappa shape index (κ3) is 2.29. The number of carbonyl (C=O) groups is 2. The Morgan fingerprint density at radius 1 is 0.889 bits per heavy atom. The second-order valence-corrected chi connectivity index (χ2v) is 2.05. The Kier molecular flexibility index (Phi) is 3.74. The van der Waals surface area contributed by atoms with Gasteiger partial charge >= 0.3 is 0 Å². The quantitative estimate of drug-likeness (QED) is 0.401. The van der Waals surface area contributed by atoms with Crippen LogP contribution >= 0.6 is 0 Å². The van der Waals surface area contributed by atoms with Gasteiger partial charge in [0.1, 0.15) is 0 Å². The minimum absolute atomic E-state index is 0. The predicted octanol–water partition coefficient (Wildman–Crippen LogP) is 0.696. The number of hydrogen-bond acceptors (Lipinski definition) is 2. The fraction of sp³-hybridized carbons (Fsp3) is 0.667. The molecule has 1 aliphatic carbocycles. The molecule has 0 spiro atoms. The van der Waals surface area contributed by atoms with Gasteiger partial charge in [0.25, 0.3) is 0 Å². The molecule has 0 aromatic carbocycles. The van der Waals surface area contributed by atoms with Gasteiger partial charge < -0.3 is 0 Å². The molecule has 0 amide bonds. The fourth-order valence-electron chi connectivity index (χ4n) is 0.850. The Hall–Kier alpha value is -0.141. The van der Waals surface area contributed by atoms with Crippen molar-refractivity contribution >= 4 is 11.6 Å². The molecule has 0 atom stereocenters. The monoisotopic (exact) mass is 175 g/mol. The van der Waals surface area contributed by atoms with Crippen LogP contribution in [0.15, 0.2) is 0 Å². The molecular formula is C6H8CuO2. The molecule has 0 unspecified atom stereocenters. The van der Waals surface area contributed by atoms with Crippen LogP contribution in [0.3, 0.4) is 0 Å². The Morgan fingerprint density at radius 2 is 1.22 bits per heavy atom. The SMILES string of the molecule is O=C1CCCCC1=O.[Cu]. The summed E-state index contributed by atoms with van der Waals surface area (Å²) in [5.41, 5.74) is 0. The molecule has 1 rings (SSSR count). The first-order valence-corrected chi connectivity index (χ1v) is 2.87. The predicted molar refractivity (Wildman–Crippen MR) is 28.5 cm³/mol. The van der Waals surface area contributed by atoms with Crippen molar-refractivity contribution in [1.29, 1.82) is 0 Å². The summed E-state index contributed by atoms with van der Waals surface area (Å²) in [6.07, 6.45) is 2.78. The van der Waals surface area contributed by atoms with Crippen LogP contribution in [0.5, 0.6) is 0 Å². The molecule has 1 aliphatic rings. The zero-order valence-corrected chi connectivity index (χ0v) is 5.89. The van der Waals surface area contributed by atoms with Crippen LogP contribution in [0.25, 0.3) is 0 Å². The zero-order valence-electron chi connectivity index (χ0n) is 4.95. The largest absolute Gasteiger partial charge is 0.291 e. The van der Waals surface area contributed by atoms with Gasteiger partial charge in [-0.1, -0.05) is 0 Å². The van der Waals surface area contributed by atoms with Crippen molar-refractivity contribution in [2.45, 2.75) is 25.7 Å². The minimum atomic E-state index is -0.170. The van der Waals surface area contributed by atoms with Gasteiger partial charge in [0.2, 0.25) is 0 Å². The maximum absolute atomic E-state index is 10.4. The molecule has 1 radical (unpaired) electrons. The smallest absolute Gasteiger partial charge is 0.198 e. The van der Waals surface area contributed by atoms with Crippen molar-refractivity contribution in [3.05, 3.63) is 0 Å². The van der Waals surface area contributed by atoms with Crippen LogP contribution in [-0.2, 0) is 26.7 Å². The van der Waals surface area contributed by atoms with Crippen molar-refractivity contribution in [3.8, 4) is 0 Å². The van der Waals surface area contributed by atoms with Gasteiger partial charge in [-0.3, -0.25) is 9.59 Å². The first-order chi connectivity index (χ1) is 3.80. The van der Waals surface area contributed by atoms with Gasteiger partial charge in [0, 0.05) is 29.9 Å². The Labute approximate surface area is 64.5 Å². The van der Waals surface area contributed by atoms with Crippen molar-refractivity contribution < 1.29 is 26.7 Å². The van der Waals surface area contributed by atoms with Crippen LogP contribution in [-0.4, -0.2) is 11.6 Å². The third-order valence-electron chi connectivity index (χ3n) is 1.37. The van der Waals surface area contributed by atoms with E-state index in [-0.39, 0.29) is 28.6 Å². The van der Waals surface area contributed by atoms with Crippen LogP contribution < -0.4 is 0 Å². The average Bonchev–Trinajstić information content (AvgIpc) is 1.77. The fourth-order valence-corrected chi connectivity index (χ4v) is 0.850. The summed E-state index contributed by atoms with van der Waals surface area (Å²) in [4.78, 5) is 20.9. The van der Waals surface area contributed by atoms with Crippen molar-refractivity contribution in [2.24, 2.45) is 0 Å². The topological polar surface area (TPSA) is 34.1 Å². The minimum Gasteiger partial charge on any atom is -0.291 e. The molecule has 0 N–H and O–H groups in total. The molecule has 1 saturated carbocycles. The average molecular weight is 176 g/mol. The zero-order chi connectivity index (χ0) is 5.98. The van der Waals surface area contributed by atoms with Crippen molar-refractivity contribution in [3.63, 3.8) is 0 Å². The second-order valence-electron chi connectivity index (χ2n) is 2.05. The van der Waals surface area contributed by atoms with E-state index < -0.39 is 0 Å². The third-order valence-corrected chi connectivity index (χ3v) is 1.37. The normalized spacial score (nSPS) is 19.1. The summed E-state index contributed by atoms with van der Waals surface area (Å²) in [6, 6.07) is 0. The summed E-state index contributed by atoms with van der Waals surface area (Å²) in [6.45, 7) is 0. The standard InChI is InChI=1S/C6H8O2.Cu/c7-5-3-1-2-4-6(5)8;/h1-4H2;. The van der Waals surface area contributed by atoms with E-state index in [4.69, 9.17) is 0 Å². The van der Waals surface area contributed by atoms with Gasteiger partial charge in [0.15, 0.2) is 11.6 Å². The van der Waals surface area contributed by atoms with E-state index >= 15 is 0 Å². The molecule has 0 heterocycles. The molecule has 9 heavy (non-hydrogen) atoms. The summed E-state index contributed by atoms with van der Waals surface area (Å²) >= 11 is 0. The number of rotatable bonds is 0. The number of Topliss-reactive ketones (excluding diaryl/α,β-unsaturated/α-hetero) is 2. The number of carbonyl (C=O) groups excluding carboxylic acids is 2. The maximum Gasteiger partial charge on any atom is 0.198 e. The molecule has 0 saturated heterocycles. The Balaban J connectivity index is 0.000000640. The second kappa shape index (κ2) is 3.80. The molecule has 0 bridgehead atoms. The van der Waals surface area contributed by atoms with Crippen LogP contribution in [0.4, 0.5) is 0 Å². The summed E-state index contributed by atoms with van der Waals surface area (Å²) in [7, 11) is 0. The van der Waals surface area contributed by atoms with Gasteiger partial charge in [-0.15, -0.1) is 0 Å². The summed E-state index contributed by atoms with van der Waals surface area (Å²) in [5, 5.41) is 0. The van der Waals surface area contributed by atoms with Crippen LogP contribution in [0, 0.1) is 0 Å². The van der Waals surface area contributed by atoms with E-state index in [1.165, 1.54) is 0 Å². The van der Waals surface area contributed by atoms with E-state index in [1.54, 1.807) is 0 Å². The van der Waals surface area contributed by atoms with Gasteiger partial charge in [-0.2, -0.15) is 0 Å². The molecule has 0 aliphatic heterocycles. The van der Waals surface area contributed by atoms with Crippen molar-refractivity contribution in [1.82, 2.24) is 0 Å². The number of ketones is 2. The van der Waals surface area contributed by atoms with E-state index in [0.29, 0.717) is 12.8 Å². The Morgan fingerprint density at radius 3 is 1.44 bits per heavy atom. The van der Waals surface area contributed by atoms with Crippen LogP contribution in [0.1, 0.15) is 25.7 Å². The first kappa shape index (κ1) is 8.86. The van der Waals surface area contributed by atoms with E-state index in [0.717, 1.165) is 12.8 Å². The first-order valence-electron chi connectivity index (χ1n) is 2.87. The molecule has 3 heteroatoms. The van der Waals surface area contributed by atoms with Gasteiger partial charge in [0.05, 0.1) is 0 Å². The number of hydrogen-bond donors (Lipinski definition) is 0. The summed E-state index contributed by atoms with van der Waals surface area (Å²) in [5.74, 6) is -0.340. The molecule has 0 aromatic heterocycles. The van der Waals surface area contributed by atoms with Gasteiger partial charge in [-0.25, -0.2) is 0 Å². The van der Waals surface area contributed by atoms with E-state index in [2.05, 4.69) is 0 Å². The molecular weight excluding hydrogens is 168 g/mol. The van der Waals surface area contributed by atoms with Crippen LogP contribution in [0.2, 0.25) is 0 Å². The molecule has 2 nitrogen and oxygen atoms in total. The van der Waals surface area contributed by atoms with E-state index in [9.17, 15) is 9.59 Å². The van der Waals surface area contributed by atoms with Gasteiger partial charge in [-0.05, 0) is 12.8 Å². The van der Waals surface area contributed by atoms with Crippen molar-refractivity contribution in [2.75, 3.05) is 0 Å². The summed E-state index contributed by atoms with van der Waals surface area (Å²) < 4.78 is 0. The Bertz CT molecular complexity index is 115. The van der Waals surface area contributed by atoms with E-state index in [1.807, 2.05) is 0 Å².